The van der Waals surface area contributed by atoms with Crippen LogP contribution in [0, 0.1) is 0 Å². The predicted octanol–water partition coefficient (Wildman–Crippen LogP) is 0.180. The minimum Gasteiger partial charge on any atom is -0.486 e. The molecule has 1 heterocycles. The van der Waals surface area contributed by atoms with Crippen molar-refractivity contribution < 1.29 is 19.4 Å². The van der Waals surface area contributed by atoms with Crippen molar-refractivity contribution in [3.05, 3.63) is 23.8 Å². The Morgan fingerprint density at radius 2 is 2.06 bits per heavy atom. The van der Waals surface area contributed by atoms with Crippen LogP contribution in [0.25, 0.3) is 0 Å². The Hall–Kier alpha value is -1.75. The second-order valence-electron chi connectivity index (χ2n) is 3.34. The molecule has 5 heteroatoms. The first-order valence-corrected chi connectivity index (χ1v) is 5.10. The number of hydrogen-bond donors (Lipinski definition) is 2. The number of ether oxygens (including phenoxy) is 2. The Morgan fingerprint density at radius 1 is 1.31 bits per heavy atom. The Balaban J connectivity index is 2.13. The molecule has 0 aliphatic carbocycles. The highest BCUT2D eigenvalue weighted by atomic mass is 16.6. The van der Waals surface area contributed by atoms with Gasteiger partial charge in [-0.3, -0.25) is 4.79 Å². The fraction of sp³-hybridized carbons (Fsp3) is 0.364. The molecule has 2 N–H and O–H groups in total. The van der Waals surface area contributed by atoms with Crippen molar-refractivity contribution in [2.24, 2.45) is 0 Å². The number of fused-ring (bicyclic) bond motifs is 1. The van der Waals surface area contributed by atoms with E-state index >= 15 is 0 Å². The van der Waals surface area contributed by atoms with Gasteiger partial charge in [0.2, 0.25) is 0 Å². The quantitative estimate of drug-likeness (QED) is 0.767. The first kappa shape index (κ1) is 10.8. The number of carbonyl (C=O) groups is 1. The Morgan fingerprint density at radius 3 is 2.81 bits per heavy atom. The maximum absolute atomic E-state index is 11.6. The highest BCUT2D eigenvalue weighted by Crippen LogP contribution is 2.30. The van der Waals surface area contributed by atoms with E-state index in [1.165, 1.54) is 0 Å². The molecule has 0 saturated carbocycles. The molecule has 0 bridgehead atoms. The zero-order valence-electron chi connectivity index (χ0n) is 8.73. The first-order valence-electron chi connectivity index (χ1n) is 5.10. The number of rotatable bonds is 3. The molecule has 0 unspecified atom stereocenters. The van der Waals surface area contributed by atoms with Crippen LogP contribution in [0.3, 0.4) is 0 Å². The van der Waals surface area contributed by atoms with Gasteiger partial charge < -0.3 is 19.9 Å². The third-order valence-electron chi connectivity index (χ3n) is 2.20. The number of nitrogens with one attached hydrogen (secondary N) is 1. The normalized spacial score (nSPS) is 13.3. The summed E-state index contributed by atoms with van der Waals surface area (Å²) in [5, 5.41) is 11.2. The SMILES string of the molecule is O=C(NCCO)c1ccc2c(c1)OCCO2. The van der Waals surface area contributed by atoms with Crippen molar-refractivity contribution in [2.75, 3.05) is 26.4 Å². The van der Waals surface area contributed by atoms with Gasteiger partial charge in [0.25, 0.3) is 5.91 Å². The van der Waals surface area contributed by atoms with Gasteiger partial charge in [-0.15, -0.1) is 0 Å². The maximum atomic E-state index is 11.6. The van der Waals surface area contributed by atoms with Gasteiger partial charge in [-0.05, 0) is 18.2 Å². The average Bonchev–Trinajstić information content (AvgIpc) is 2.35. The van der Waals surface area contributed by atoms with Crippen LogP contribution >= 0.6 is 0 Å². The number of aliphatic hydroxyl groups is 1. The molecule has 0 atom stereocenters. The Labute approximate surface area is 93.0 Å². The summed E-state index contributed by atoms with van der Waals surface area (Å²) < 4.78 is 10.7. The first-order chi connectivity index (χ1) is 7.81. The molecule has 0 aromatic heterocycles. The van der Waals surface area contributed by atoms with Crippen LogP contribution in [0.5, 0.6) is 11.5 Å². The highest BCUT2D eigenvalue weighted by Gasteiger charge is 2.14. The van der Waals surface area contributed by atoms with Gasteiger partial charge in [-0.1, -0.05) is 0 Å². The van der Waals surface area contributed by atoms with Gasteiger partial charge >= 0.3 is 0 Å². The largest absolute Gasteiger partial charge is 0.486 e. The molecule has 0 fully saturated rings. The molecule has 16 heavy (non-hydrogen) atoms. The van der Waals surface area contributed by atoms with E-state index in [0.717, 1.165) is 0 Å². The van der Waals surface area contributed by atoms with Crippen LogP contribution in [0.15, 0.2) is 18.2 Å². The number of amides is 1. The maximum Gasteiger partial charge on any atom is 0.251 e. The third kappa shape index (κ3) is 2.25. The Kier molecular flexibility index (Phi) is 3.26. The van der Waals surface area contributed by atoms with Gasteiger partial charge in [0, 0.05) is 12.1 Å². The van der Waals surface area contributed by atoms with Crippen molar-refractivity contribution in [3.8, 4) is 11.5 Å². The number of hydrogen-bond acceptors (Lipinski definition) is 4. The van der Waals surface area contributed by atoms with Crippen molar-refractivity contribution in [1.82, 2.24) is 5.32 Å². The third-order valence-corrected chi connectivity index (χ3v) is 2.20. The van der Waals surface area contributed by atoms with Gasteiger partial charge in [-0.25, -0.2) is 0 Å². The van der Waals surface area contributed by atoms with Crippen molar-refractivity contribution in [3.63, 3.8) is 0 Å². The summed E-state index contributed by atoms with van der Waals surface area (Å²) in [6.45, 7) is 1.20. The van der Waals surface area contributed by atoms with E-state index in [1.54, 1.807) is 18.2 Å². The molecule has 0 radical (unpaired) electrons. The zero-order chi connectivity index (χ0) is 11.4. The standard InChI is InChI=1S/C11H13NO4/c13-4-3-12-11(14)8-1-2-9-10(7-8)16-6-5-15-9/h1-2,7,13H,3-6H2,(H,12,14). The van der Waals surface area contributed by atoms with E-state index < -0.39 is 0 Å². The van der Waals surface area contributed by atoms with Crippen LogP contribution in [0.1, 0.15) is 10.4 Å². The zero-order valence-corrected chi connectivity index (χ0v) is 8.73. The minimum atomic E-state index is -0.231. The van der Waals surface area contributed by atoms with Gasteiger partial charge in [0.1, 0.15) is 13.2 Å². The number of carbonyl (C=O) groups excluding carboxylic acids is 1. The molecule has 0 spiro atoms. The van der Waals surface area contributed by atoms with Crippen molar-refractivity contribution >= 4 is 5.91 Å². The molecule has 2 rings (SSSR count). The summed E-state index contributed by atoms with van der Waals surface area (Å²) in [4.78, 5) is 11.6. The van der Waals surface area contributed by atoms with E-state index in [9.17, 15) is 4.79 Å². The second kappa shape index (κ2) is 4.85. The van der Waals surface area contributed by atoms with E-state index in [0.29, 0.717) is 30.3 Å². The smallest absolute Gasteiger partial charge is 0.251 e. The summed E-state index contributed by atoms with van der Waals surface area (Å²) >= 11 is 0. The average molecular weight is 223 g/mol. The molecule has 5 nitrogen and oxygen atoms in total. The molecule has 1 amide bonds. The summed E-state index contributed by atoms with van der Waals surface area (Å²) in [5.41, 5.74) is 0.498. The predicted molar refractivity (Wildman–Crippen MR) is 56.9 cm³/mol. The minimum absolute atomic E-state index is 0.0731. The summed E-state index contributed by atoms with van der Waals surface area (Å²) in [6, 6.07) is 5.02. The fourth-order valence-electron chi connectivity index (χ4n) is 1.46. The second-order valence-corrected chi connectivity index (χ2v) is 3.34. The molecule has 1 aromatic rings. The summed E-state index contributed by atoms with van der Waals surface area (Å²) in [6.07, 6.45) is 0. The van der Waals surface area contributed by atoms with Crippen LogP contribution < -0.4 is 14.8 Å². The monoisotopic (exact) mass is 223 g/mol. The summed E-state index contributed by atoms with van der Waals surface area (Å²) in [5.74, 6) is 1.01. The van der Waals surface area contributed by atoms with Crippen LogP contribution in [-0.4, -0.2) is 37.4 Å². The molecular formula is C11H13NO4. The lowest BCUT2D eigenvalue weighted by molar-refractivity contribution is 0.0943. The van der Waals surface area contributed by atoms with E-state index in [4.69, 9.17) is 14.6 Å². The van der Waals surface area contributed by atoms with E-state index in [-0.39, 0.29) is 19.1 Å². The Bertz CT molecular complexity index is 392. The lowest BCUT2D eigenvalue weighted by Crippen LogP contribution is -2.26. The van der Waals surface area contributed by atoms with Crippen molar-refractivity contribution in [2.45, 2.75) is 0 Å². The molecule has 1 aromatic carbocycles. The highest BCUT2D eigenvalue weighted by molar-refractivity contribution is 5.94. The van der Waals surface area contributed by atoms with Crippen LogP contribution in [0.4, 0.5) is 0 Å². The molecule has 0 saturated heterocycles. The van der Waals surface area contributed by atoms with Crippen LogP contribution in [-0.2, 0) is 0 Å². The number of aliphatic hydroxyl groups excluding tert-OH is 1. The molecular weight excluding hydrogens is 210 g/mol. The van der Waals surface area contributed by atoms with Crippen LogP contribution in [0.2, 0.25) is 0 Å². The number of benzene rings is 1. The topological polar surface area (TPSA) is 67.8 Å². The lowest BCUT2D eigenvalue weighted by atomic mass is 10.2. The summed E-state index contributed by atoms with van der Waals surface area (Å²) in [7, 11) is 0. The van der Waals surface area contributed by atoms with Gasteiger partial charge in [0.15, 0.2) is 11.5 Å². The lowest BCUT2D eigenvalue weighted by Gasteiger charge is -2.18. The fourth-order valence-corrected chi connectivity index (χ4v) is 1.46. The molecule has 1 aliphatic rings. The van der Waals surface area contributed by atoms with Gasteiger partial charge in [-0.2, -0.15) is 0 Å². The molecule has 1 aliphatic heterocycles. The molecule has 86 valence electrons. The van der Waals surface area contributed by atoms with E-state index in [1.807, 2.05) is 0 Å². The van der Waals surface area contributed by atoms with Gasteiger partial charge in [0.05, 0.1) is 6.61 Å². The van der Waals surface area contributed by atoms with E-state index in [2.05, 4.69) is 5.32 Å². The van der Waals surface area contributed by atoms with Crippen molar-refractivity contribution in [1.29, 1.82) is 0 Å².